The molecule has 5 nitrogen and oxygen atoms in total. The van der Waals surface area contributed by atoms with Gasteiger partial charge in [0, 0.05) is 31.1 Å². The van der Waals surface area contributed by atoms with Crippen LogP contribution in [-0.2, 0) is 18.3 Å². The van der Waals surface area contributed by atoms with Gasteiger partial charge in [0.2, 0.25) is 11.8 Å². The molecular formula is C24H27N3O2. The van der Waals surface area contributed by atoms with Crippen molar-refractivity contribution in [3.8, 4) is 22.9 Å². The van der Waals surface area contributed by atoms with Gasteiger partial charge in [0.05, 0.1) is 5.69 Å². The number of hydrogen-bond acceptors (Lipinski definition) is 3. The van der Waals surface area contributed by atoms with Gasteiger partial charge in [-0.3, -0.25) is 4.79 Å². The van der Waals surface area contributed by atoms with E-state index < -0.39 is 0 Å². The normalized spacial score (nSPS) is 13.3. The molecule has 0 unspecified atom stereocenters. The third-order valence-corrected chi connectivity index (χ3v) is 5.23. The molecule has 4 rings (SSSR count). The molecule has 0 atom stereocenters. The van der Waals surface area contributed by atoms with Crippen molar-refractivity contribution >= 4 is 5.91 Å². The second kappa shape index (κ2) is 8.52. The smallest absolute Gasteiger partial charge is 0.221 e. The first-order valence-electron chi connectivity index (χ1n) is 10.2. The van der Waals surface area contributed by atoms with E-state index in [4.69, 9.17) is 9.84 Å². The van der Waals surface area contributed by atoms with E-state index in [1.165, 1.54) is 12.8 Å². The summed E-state index contributed by atoms with van der Waals surface area (Å²) >= 11 is 0. The minimum atomic E-state index is 0.0845. The summed E-state index contributed by atoms with van der Waals surface area (Å²) < 4.78 is 8.00. The number of nitrogens with zero attached hydrogens (tertiary/aromatic N) is 2. The second-order valence-corrected chi connectivity index (χ2v) is 7.79. The van der Waals surface area contributed by atoms with Crippen molar-refractivity contribution in [3.63, 3.8) is 0 Å². The van der Waals surface area contributed by atoms with Crippen LogP contribution in [0.15, 0.2) is 54.6 Å². The molecule has 0 radical (unpaired) electrons. The third-order valence-electron chi connectivity index (χ3n) is 5.23. The number of nitrogens with one attached hydrogen (secondary N) is 1. The first kappa shape index (κ1) is 19.2. The number of benzene rings is 2. The van der Waals surface area contributed by atoms with Crippen LogP contribution in [0, 0.1) is 12.8 Å². The lowest BCUT2D eigenvalue weighted by atomic mass is 10.0. The standard InChI is InChI=1S/C24H27N3O2/c1-17-7-6-10-20(15-17)29-24-21(13-14-22(28)25-16-18-11-12-18)23(26-27(24)2)19-8-4-3-5-9-19/h3-10,15,18H,11-14,16H2,1-2H3,(H,25,28). The van der Waals surface area contributed by atoms with E-state index in [1.807, 2.05) is 68.6 Å². The van der Waals surface area contributed by atoms with Crippen LogP contribution in [0.1, 0.15) is 30.4 Å². The van der Waals surface area contributed by atoms with Crippen molar-refractivity contribution < 1.29 is 9.53 Å². The van der Waals surface area contributed by atoms with Gasteiger partial charge in [0.15, 0.2) is 0 Å². The van der Waals surface area contributed by atoms with Crippen LogP contribution in [0.2, 0.25) is 0 Å². The molecule has 5 heteroatoms. The predicted molar refractivity (Wildman–Crippen MR) is 114 cm³/mol. The summed E-state index contributed by atoms with van der Waals surface area (Å²) in [6.07, 6.45) is 3.46. The molecule has 0 spiro atoms. The maximum Gasteiger partial charge on any atom is 0.221 e. The highest BCUT2D eigenvalue weighted by Gasteiger charge is 2.23. The molecule has 0 aliphatic heterocycles. The Hall–Kier alpha value is -3.08. The predicted octanol–water partition coefficient (Wildman–Crippen LogP) is 4.65. The lowest BCUT2D eigenvalue weighted by Gasteiger charge is -2.10. The maximum absolute atomic E-state index is 12.3. The average Bonchev–Trinajstić information content (AvgIpc) is 3.50. The summed E-state index contributed by atoms with van der Waals surface area (Å²) in [4.78, 5) is 12.3. The number of carbonyl (C=O) groups is 1. The summed E-state index contributed by atoms with van der Waals surface area (Å²) in [5.74, 6) is 2.22. The molecule has 1 aliphatic rings. The van der Waals surface area contributed by atoms with E-state index in [-0.39, 0.29) is 5.91 Å². The summed E-state index contributed by atoms with van der Waals surface area (Å²) in [5.41, 5.74) is 3.98. The van der Waals surface area contributed by atoms with Crippen molar-refractivity contribution in [1.82, 2.24) is 15.1 Å². The zero-order chi connectivity index (χ0) is 20.2. The van der Waals surface area contributed by atoms with Crippen molar-refractivity contribution in [2.75, 3.05) is 6.54 Å². The van der Waals surface area contributed by atoms with Crippen LogP contribution < -0.4 is 10.1 Å². The molecule has 1 N–H and O–H groups in total. The molecule has 0 saturated heterocycles. The Labute approximate surface area is 171 Å². The molecule has 29 heavy (non-hydrogen) atoms. The van der Waals surface area contributed by atoms with Gasteiger partial charge < -0.3 is 10.1 Å². The van der Waals surface area contributed by atoms with Crippen LogP contribution in [0.3, 0.4) is 0 Å². The highest BCUT2D eigenvalue weighted by molar-refractivity contribution is 5.77. The molecule has 1 heterocycles. The molecule has 1 saturated carbocycles. The number of amides is 1. The van der Waals surface area contributed by atoms with E-state index in [1.54, 1.807) is 4.68 Å². The topological polar surface area (TPSA) is 56.1 Å². The second-order valence-electron chi connectivity index (χ2n) is 7.79. The van der Waals surface area contributed by atoms with Gasteiger partial charge in [-0.05, 0) is 49.8 Å². The van der Waals surface area contributed by atoms with Gasteiger partial charge in [-0.25, -0.2) is 4.68 Å². The molecule has 2 aromatic carbocycles. The zero-order valence-corrected chi connectivity index (χ0v) is 17.0. The summed E-state index contributed by atoms with van der Waals surface area (Å²) in [6, 6.07) is 18.0. The molecule has 0 bridgehead atoms. The highest BCUT2D eigenvalue weighted by atomic mass is 16.5. The number of hydrogen-bond donors (Lipinski definition) is 1. The lowest BCUT2D eigenvalue weighted by Crippen LogP contribution is -2.25. The van der Waals surface area contributed by atoms with Gasteiger partial charge >= 0.3 is 0 Å². The number of rotatable bonds is 8. The molecule has 150 valence electrons. The Morgan fingerprint density at radius 3 is 2.69 bits per heavy atom. The minimum absolute atomic E-state index is 0.0845. The fourth-order valence-electron chi connectivity index (χ4n) is 3.43. The summed E-state index contributed by atoms with van der Waals surface area (Å²) in [6.45, 7) is 2.83. The number of ether oxygens (including phenoxy) is 1. The van der Waals surface area contributed by atoms with Gasteiger partial charge in [-0.2, -0.15) is 5.10 Å². The van der Waals surface area contributed by atoms with Gasteiger partial charge in [-0.1, -0.05) is 42.5 Å². The Morgan fingerprint density at radius 2 is 1.97 bits per heavy atom. The molecule has 1 fully saturated rings. The Bertz CT molecular complexity index is 991. The van der Waals surface area contributed by atoms with Gasteiger partial charge in [0.1, 0.15) is 5.75 Å². The first-order chi connectivity index (χ1) is 14.1. The van der Waals surface area contributed by atoms with Crippen molar-refractivity contribution in [1.29, 1.82) is 0 Å². The van der Waals surface area contributed by atoms with Gasteiger partial charge in [-0.15, -0.1) is 0 Å². The van der Waals surface area contributed by atoms with Crippen LogP contribution in [0.25, 0.3) is 11.3 Å². The highest BCUT2D eigenvalue weighted by Crippen LogP contribution is 2.34. The zero-order valence-electron chi connectivity index (χ0n) is 17.0. The van der Waals surface area contributed by atoms with E-state index in [2.05, 4.69) is 5.32 Å². The Morgan fingerprint density at radius 1 is 1.17 bits per heavy atom. The number of aryl methyl sites for hydroxylation is 2. The van der Waals surface area contributed by atoms with Crippen LogP contribution in [0.5, 0.6) is 11.6 Å². The van der Waals surface area contributed by atoms with Crippen LogP contribution >= 0.6 is 0 Å². The largest absolute Gasteiger partial charge is 0.439 e. The third kappa shape index (κ3) is 4.86. The van der Waals surface area contributed by atoms with Crippen LogP contribution in [0.4, 0.5) is 0 Å². The number of aromatic nitrogens is 2. The fraction of sp³-hybridized carbons (Fsp3) is 0.333. The van der Waals surface area contributed by atoms with Crippen LogP contribution in [-0.4, -0.2) is 22.2 Å². The summed E-state index contributed by atoms with van der Waals surface area (Å²) in [5, 5.41) is 7.77. The molecule has 1 aromatic heterocycles. The van der Waals surface area contributed by atoms with E-state index in [0.717, 1.165) is 34.7 Å². The van der Waals surface area contributed by atoms with E-state index in [9.17, 15) is 4.79 Å². The van der Waals surface area contributed by atoms with Crippen molar-refractivity contribution in [2.24, 2.45) is 13.0 Å². The quantitative estimate of drug-likeness (QED) is 0.610. The molecule has 1 amide bonds. The molecular weight excluding hydrogens is 362 g/mol. The summed E-state index contributed by atoms with van der Waals surface area (Å²) in [7, 11) is 1.88. The Balaban J connectivity index is 1.60. The van der Waals surface area contributed by atoms with E-state index >= 15 is 0 Å². The first-order valence-corrected chi connectivity index (χ1v) is 10.2. The molecule has 1 aliphatic carbocycles. The maximum atomic E-state index is 12.3. The average molecular weight is 389 g/mol. The molecule has 3 aromatic rings. The SMILES string of the molecule is Cc1cccc(Oc2c(CCC(=O)NCC3CC3)c(-c3ccccc3)nn2C)c1. The monoisotopic (exact) mass is 389 g/mol. The Kier molecular flexibility index (Phi) is 5.65. The minimum Gasteiger partial charge on any atom is -0.439 e. The van der Waals surface area contributed by atoms with Crippen molar-refractivity contribution in [2.45, 2.75) is 32.6 Å². The number of carbonyl (C=O) groups excluding carboxylic acids is 1. The van der Waals surface area contributed by atoms with E-state index in [0.29, 0.717) is 24.6 Å². The fourth-order valence-corrected chi connectivity index (χ4v) is 3.43. The van der Waals surface area contributed by atoms with Crippen molar-refractivity contribution in [3.05, 3.63) is 65.7 Å². The van der Waals surface area contributed by atoms with Gasteiger partial charge in [0.25, 0.3) is 0 Å². The lowest BCUT2D eigenvalue weighted by molar-refractivity contribution is -0.121.